The number of H-pyrrole nitrogens is 1. The molecule has 3 heterocycles. The second-order valence-corrected chi connectivity index (χ2v) is 7.36. The van der Waals surface area contributed by atoms with Gasteiger partial charge >= 0.3 is 6.18 Å². The van der Waals surface area contributed by atoms with Crippen molar-refractivity contribution in [3.63, 3.8) is 0 Å². The number of rotatable bonds is 4. The second kappa shape index (κ2) is 8.37. The molecule has 4 rings (SSSR count). The molecule has 4 aromatic rings. The Bertz CT molecular complexity index is 1400. The first-order valence-corrected chi connectivity index (χ1v) is 9.84. The molecule has 0 aliphatic carbocycles. The van der Waals surface area contributed by atoms with Gasteiger partial charge in [-0.3, -0.25) is 9.59 Å². The van der Waals surface area contributed by atoms with Crippen LogP contribution in [-0.2, 0) is 6.18 Å². The van der Waals surface area contributed by atoms with Gasteiger partial charge in [0.2, 0.25) is 0 Å². The van der Waals surface area contributed by atoms with E-state index >= 15 is 0 Å². The smallest absolute Gasteiger partial charge is 0.355 e. The van der Waals surface area contributed by atoms with Crippen molar-refractivity contribution in [3.8, 4) is 5.82 Å². The molecule has 0 unspecified atom stereocenters. The molecule has 170 valence electrons. The van der Waals surface area contributed by atoms with Gasteiger partial charge in [0.25, 0.3) is 11.8 Å². The molecule has 1 aromatic carbocycles. The molecule has 0 bridgehead atoms. The number of nitrogens with one attached hydrogen (secondary N) is 3. The van der Waals surface area contributed by atoms with Gasteiger partial charge in [-0.25, -0.2) is 14.6 Å². The molecule has 0 radical (unpaired) electrons. The van der Waals surface area contributed by atoms with Crippen LogP contribution in [-0.4, -0.2) is 43.6 Å². The number of nitrogens with zero attached hydrogens (tertiary/aromatic N) is 4. The van der Waals surface area contributed by atoms with Gasteiger partial charge in [0.15, 0.2) is 11.5 Å². The van der Waals surface area contributed by atoms with Crippen LogP contribution < -0.4 is 10.6 Å². The summed E-state index contributed by atoms with van der Waals surface area (Å²) >= 11 is 12.4. The molecule has 14 heteroatoms. The lowest BCUT2D eigenvalue weighted by atomic mass is 10.1. The van der Waals surface area contributed by atoms with Crippen molar-refractivity contribution in [2.45, 2.75) is 6.18 Å². The first kappa shape index (κ1) is 22.6. The Hall–Kier alpha value is -3.64. The van der Waals surface area contributed by atoms with Gasteiger partial charge in [0, 0.05) is 19.3 Å². The molecule has 9 nitrogen and oxygen atoms in total. The average molecular weight is 498 g/mol. The van der Waals surface area contributed by atoms with Gasteiger partial charge < -0.3 is 15.6 Å². The number of aromatic nitrogens is 5. The number of hydrogen-bond donors (Lipinski definition) is 3. The van der Waals surface area contributed by atoms with E-state index in [1.165, 1.54) is 37.8 Å². The lowest BCUT2D eigenvalue weighted by molar-refractivity contribution is -0.141. The summed E-state index contributed by atoms with van der Waals surface area (Å²) in [6, 6.07) is 4.79. The van der Waals surface area contributed by atoms with Crippen molar-refractivity contribution in [2.75, 3.05) is 12.4 Å². The maximum absolute atomic E-state index is 13.4. The highest BCUT2D eigenvalue weighted by Gasteiger charge is 2.37. The van der Waals surface area contributed by atoms with E-state index in [1.54, 1.807) is 0 Å². The third-order valence-electron chi connectivity index (χ3n) is 4.54. The number of benzene rings is 1. The molecule has 0 saturated carbocycles. The summed E-state index contributed by atoms with van der Waals surface area (Å²) in [6.07, 6.45) is -2.23. The Morgan fingerprint density at radius 3 is 2.58 bits per heavy atom. The number of hydrogen-bond acceptors (Lipinski definition) is 5. The number of amides is 2. The minimum atomic E-state index is -4.85. The molecule has 0 saturated heterocycles. The van der Waals surface area contributed by atoms with E-state index in [2.05, 4.69) is 30.7 Å². The normalized spacial score (nSPS) is 11.6. The van der Waals surface area contributed by atoms with Gasteiger partial charge in [-0.15, -0.1) is 0 Å². The fraction of sp³-hybridized carbons (Fsp3) is 0.105. The zero-order valence-corrected chi connectivity index (χ0v) is 18.0. The summed E-state index contributed by atoms with van der Waals surface area (Å²) in [5.74, 6) is -1.83. The number of fused-ring (bicyclic) bond motifs is 1. The number of carbonyl (C=O) groups is 2. The Morgan fingerprint density at radius 2 is 1.91 bits per heavy atom. The minimum absolute atomic E-state index is 0.0365. The monoisotopic (exact) mass is 497 g/mol. The highest BCUT2D eigenvalue weighted by molar-refractivity contribution is 6.39. The van der Waals surface area contributed by atoms with Crippen molar-refractivity contribution in [1.82, 2.24) is 30.0 Å². The summed E-state index contributed by atoms with van der Waals surface area (Å²) in [6.45, 7) is 0. The average Bonchev–Trinajstić information content (AvgIpc) is 3.42. The highest BCUT2D eigenvalue weighted by Crippen LogP contribution is 2.35. The Kier molecular flexibility index (Phi) is 5.72. The second-order valence-electron chi connectivity index (χ2n) is 6.58. The Balaban J connectivity index is 1.85. The third-order valence-corrected chi connectivity index (χ3v) is 5.20. The minimum Gasteiger partial charge on any atom is -0.355 e. The molecular weight excluding hydrogens is 486 g/mol. The molecule has 3 aromatic heterocycles. The topological polar surface area (TPSA) is 118 Å². The van der Waals surface area contributed by atoms with Crippen molar-refractivity contribution in [2.24, 2.45) is 0 Å². The van der Waals surface area contributed by atoms with E-state index in [9.17, 15) is 22.8 Å². The van der Waals surface area contributed by atoms with Crippen molar-refractivity contribution in [3.05, 3.63) is 63.8 Å². The summed E-state index contributed by atoms with van der Waals surface area (Å²) in [5, 5.41) is 8.16. The summed E-state index contributed by atoms with van der Waals surface area (Å²) in [7, 11) is 1.37. The maximum Gasteiger partial charge on any atom is 0.435 e. The van der Waals surface area contributed by atoms with Crippen LogP contribution in [0.4, 0.5) is 18.9 Å². The number of anilines is 1. The highest BCUT2D eigenvalue weighted by atomic mass is 35.5. The fourth-order valence-corrected chi connectivity index (χ4v) is 3.53. The Labute approximate surface area is 192 Å². The third kappa shape index (κ3) is 4.10. The molecule has 0 atom stereocenters. The predicted octanol–water partition coefficient (Wildman–Crippen LogP) is 4.08. The van der Waals surface area contributed by atoms with Crippen LogP contribution in [0.2, 0.25) is 10.0 Å². The predicted molar refractivity (Wildman–Crippen MR) is 114 cm³/mol. The molecule has 2 amide bonds. The van der Waals surface area contributed by atoms with E-state index in [1.807, 2.05) is 0 Å². The molecule has 0 aliphatic rings. The first-order valence-electron chi connectivity index (χ1n) is 9.09. The van der Waals surface area contributed by atoms with Gasteiger partial charge in [0.1, 0.15) is 11.2 Å². The van der Waals surface area contributed by atoms with E-state index in [0.717, 1.165) is 0 Å². The number of alkyl halides is 3. The molecular formula is C19H12Cl2F3N7O2. The van der Waals surface area contributed by atoms with Crippen LogP contribution >= 0.6 is 23.2 Å². The summed E-state index contributed by atoms with van der Waals surface area (Å²) in [4.78, 5) is 36.3. The van der Waals surface area contributed by atoms with E-state index in [4.69, 9.17) is 23.2 Å². The van der Waals surface area contributed by atoms with Gasteiger partial charge in [0.05, 0.1) is 33.1 Å². The molecule has 0 aliphatic heterocycles. The van der Waals surface area contributed by atoms with Crippen LogP contribution in [0.5, 0.6) is 0 Å². The van der Waals surface area contributed by atoms with Crippen molar-refractivity contribution < 1.29 is 22.8 Å². The molecule has 33 heavy (non-hydrogen) atoms. The van der Waals surface area contributed by atoms with Gasteiger partial charge in [-0.1, -0.05) is 23.2 Å². The van der Waals surface area contributed by atoms with Crippen LogP contribution in [0.1, 0.15) is 26.5 Å². The van der Waals surface area contributed by atoms with Crippen LogP contribution in [0, 0.1) is 0 Å². The zero-order valence-electron chi connectivity index (χ0n) is 16.5. The largest absolute Gasteiger partial charge is 0.435 e. The first-order chi connectivity index (χ1) is 15.6. The summed E-state index contributed by atoms with van der Waals surface area (Å²) < 4.78 is 40.7. The number of aromatic amines is 1. The van der Waals surface area contributed by atoms with E-state index in [-0.39, 0.29) is 32.6 Å². The fourth-order valence-electron chi connectivity index (χ4n) is 3.03. The lowest BCUT2D eigenvalue weighted by Gasteiger charge is -2.13. The molecule has 0 spiro atoms. The quantitative estimate of drug-likeness (QED) is 0.392. The number of halogens is 5. The lowest BCUT2D eigenvalue weighted by Crippen LogP contribution is -2.23. The maximum atomic E-state index is 13.4. The Morgan fingerprint density at radius 1 is 1.15 bits per heavy atom. The van der Waals surface area contributed by atoms with E-state index in [0.29, 0.717) is 16.3 Å². The van der Waals surface area contributed by atoms with Gasteiger partial charge in [-0.2, -0.15) is 18.3 Å². The van der Waals surface area contributed by atoms with Crippen molar-refractivity contribution in [1.29, 1.82) is 0 Å². The number of pyridine rings is 1. The SMILES string of the molecule is CNC(=O)c1cc2[nH]cnc2c(Cl)c1NC(=O)c1cc(C(F)(F)F)nn1-c1ncccc1Cl. The molecule has 0 fully saturated rings. The van der Waals surface area contributed by atoms with Crippen LogP contribution in [0.25, 0.3) is 16.9 Å². The van der Waals surface area contributed by atoms with Crippen LogP contribution in [0.3, 0.4) is 0 Å². The van der Waals surface area contributed by atoms with Gasteiger partial charge in [-0.05, 0) is 18.2 Å². The number of imidazole rings is 1. The summed E-state index contributed by atoms with van der Waals surface area (Å²) in [5.41, 5.74) is -1.39. The van der Waals surface area contributed by atoms with Crippen molar-refractivity contribution >= 4 is 51.7 Å². The molecule has 3 N–H and O–H groups in total. The zero-order chi connectivity index (χ0) is 23.9. The standard InChI is InChI=1S/C19H12Cl2F3N7O2/c1-25-17(32)8-5-10-15(28-7-27-10)13(21)14(8)29-18(33)11-6-12(19(22,23)24)30-31(11)16-9(20)3-2-4-26-16/h2-7H,1H3,(H,25,32)(H,27,28)(H,29,33). The number of carbonyl (C=O) groups excluding carboxylic acids is 2. The van der Waals surface area contributed by atoms with E-state index < -0.39 is 29.4 Å². The van der Waals surface area contributed by atoms with Crippen LogP contribution in [0.15, 0.2) is 36.8 Å².